The molecule has 1 amide bonds. The monoisotopic (exact) mass is 327 g/mol. The van der Waals surface area contributed by atoms with Crippen molar-refractivity contribution in [1.82, 2.24) is 9.88 Å². The van der Waals surface area contributed by atoms with Crippen molar-refractivity contribution < 1.29 is 24.0 Å². The SMILES string of the molecule is CC(C)OCCCNC(=O)COC(=O)c1cc([N+](=O)[O-])cn1C. The molecule has 0 aliphatic heterocycles. The highest BCUT2D eigenvalue weighted by Gasteiger charge is 2.19. The van der Waals surface area contributed by atoms with E-state index in [0.29, 0.717) is 19.6 Å². The van der Waals surface area contributed by atoms with Crippen LogP contribution in [0.5, 0.6) is 0 Å². The second-order valence-electron chi connectivity index (χ2n) is 5.15. The van der Waals surface area contributed by atoms with Crippen LogP contribution in [0.25, 0.3) is 0 Å². The van der Waals surface area contributed by atoms with Gasteiger partial charge in [0.2, 0.25) is 0 Å². The molecule has 0 atom stereocenters. The van der Waals surface area contributed by atoms with Gasteiger partial charge in [0.25, 0.3) is 11.6 Å². The normalized spacial score (nSPS) is 10.6. The first kappa shape index (κ1) is 18.6. The van der Waals surface area contributed by atoms with E-state index < -0.39 is 23.4 Å². The highest BCUT2D eigenvalue weighted by atomic mass is 16.6. The molecule has 9 nitrogen and oxygen atoms in total. The fourth-order valence-corrected chi connectivity index (χ4v) is 1.72. The Morgan fingerprint density at radius 2 is 2.13 bits per heavy atom. The average molecular weight is 327 g/mol. The predicted molar refractivity (Wildman–Crippen MR) is 81.1 cm³/mol. The minimum Gasteiger partial charge on any atom is -0.451 e. The van der Waals surface area contributed by atoms with Crippen molar-refractivity contribution >= 4 is 17.6 Å². The van der Waals surface area contributed by atoms with Crippen LogP contribution in [0, 0.1) is 10.1 Å². The molecule has 1 aromatic heterocycles. The van der Waals surface area contributed by atoms with Crippen LogP contribution in [-0.4, -0.2) is 47.2 Å². The van der Waals surface area contributed by atoms with Crippen molar-refractivity contribution in [3.8, 4) is 0 Å². The van der Waals surface area contributed by atoms with Crippen LogP contribution < -0.4 is 5.32 Å². The zero-order valence-electron chi connectivity index (χ0n) is 13.4. The lowest BCUT2D eigenvalue weighted by atomic mass is 10.4. The third-order valence-electron chi connectivity index (χ3n) is 2.84. The van der Waals surface area contributed by atoms with Crippen molar-refractivity contribution in [2.75, 3.05) is 19.8 Å². The lowest BCUT2D eigenvalue weighted by molar-refractivity contribution is -0.384. The maximum atomic E-state index is 11.8. The van der Waals surface area contributed by atoms with Gasteiger partial charge < -0.3 is 19.4 Å². The maximum Gasteiger partial charge on any atom is 0.355 e. The summed E-state index contributed by atoms with van der Waals surface area (Å²) in [6.07, 6.45) is 1.99. The summed E-state index contributed by atoms with van der Waals surface area (Å²) >= 11 is 0. The molecule has 1 heterocycles. The smallest absolute Gasteiger partial charge is 0.355 e. The second-order valence-corrected chi connectivity index (χ2v) is 5.15. The minimum atomic E-state index is -0.793. The Morgan fingerprint density at radius 1 is 1.43 bits per heavy atom. The number of nitro groups is 1. The largest absolute Gasteiger partial charge is 0.451 e. The number of aryl methyl sites for hydroxylation is 1. The summed E-state index contributed by atoms with van der Waals surface area (Å²) in [5.74, 6) is -1.23. The molecule has 0 aliphatic carbocycles. The first-order valence-corrected chi connectivity index (χ1v) is 7.17. The summed E-state index contributed by atoms with van der Waals surface area (Å²) in [5, 5.41) is 13.2. The van der Waals surface area contributed by atoms with Crippen LogP contribution in [0.4, 0.5) is 5.69 Å². The molecule has 0 saturated heterocycles. The van der Waals surface area contributed by atoms with Crippen molar-refractivity contribution in [3.63, 3.8) is 0 Å². The van der Waals surface area contributed by atoms with Gasteiger partial charge in [0.15, 0.2) is 6.61 Å². The lowest BCUT2D eigenvalue weighted by Crippen LogP contribution is -2.30. The zero-order chi connectivity index (χ0) is 17.4. The number of nitrogens with one attached hydrogen (secondary N) is 1. The second kappa shape index (κ2) is 8.89. The molecule has 1 aromatic rings. The van der Waals surface area contributed by atoms with Gasteiger partial charge in [-0.15, -0.1) is 0 Å². The molecular formula is C14H21N3O6. The van der Waals surface area contributed by atoms with Gasteiger partial charge in [0.05, 0.1) is 17.2 Å². The van der Waals surface area contributed by atoms with Crippen LogP contribution in [0.2, 0.25) is 0 Å². The van der Waals surface area contributed by atoms with E-state index in [1.165, 1.54) is 17.8 Å². The Hall–Kier alpha value is -2.42. The van der Waals surface area contributed by atoms with Gasteiger partial charge in [-0.1, -0.05) is 0 Å². The Kier molecular flexibility index (Phi) is 7.20. The van der Waals surface area contributed by atoms with E-state index >= 15 is 0 Å². The summed E-state index contributed by atoms with van der Waals surface area (Å²) in [4.78, 5) is 33.3. The van der Waals surface area contributed by atoms with Gasteiger partial charge in [-0.25, -0.2) is 4.79 Å². The van der Waals surface area contributed by atoms with Crippen LogP contribution in [0.3, 0.4) is 0 Å². The fourth-order valence-electron chi connectivity index (χ4n) is 1.72. The van der Waals surface area contributed by atoms with Gasteiger partial charge >= 0.3 is 5.97 Å². The van der Waals surface area contributed by atoms with E-state index in [0.717, 1.165) is 6.07 Å². The van der Waals surface area contributed by atoms with E-state index in [-0.39, 0.29) is 17.5 Å². The van der Waals surface area contributed by atoms with Crippen LogP contribution >= 0.6 is 0 Å². The number of carbonyl (C=O) groups excluding carboxylic acids is 2. The highest BCUT2D eigenvalue weighted by molar-refractivity contribution is 5.90. The zero-order valence-corrected chi connectivity index (χ0v) is 13.4. The number of carbonyl (C=O) groups is 2. The van der Waals surface area contributed by atoms with E-state index in [1.807, 2.05) is 13.8 Å². The number of hydrogen-bond donors (Lipinski definition) is 1. The Balaban J connectivity index is 2.33. The van der Waals surface area contributed by atoms with Crippen molar-refractivity contribution in [2.45, 2.75) is 26.4 Å². The standard InChI is InChI=1S/C14H21N3O6/c1-10(2)22-6-4-5-15-13(18)9-23-14(19)12-7-11(17(20)21)8-16(12)3/h7-8,10H,4-6,9H2,1-3H3,(H,15,18). The maximum absolute atomic E-state index is 11.8. The number of rotatable bonds is 9. The molecule has 23 heavy (non-hydrogen) atoms. The molecule has 0 aliphatic rings. The van der Waals surface area contributed by atoms with E-state index in [1.54, 1.807) is 0 Å². The molecule has 0 fully saturated rings. The highest BCUT2D eigenvalue weighted by Crippen LogP contribution is 2.15. The van der Waals surface area contributed by atoms with Crippen molar-refractivity contribution in [1.29, 1.82) is 0 Å². The number of aromatic nitrogens is 1. The van der Waals surface area contributed by atoms with E-state index in [2.05, 4.69) is 5.32 Å². The fraction of sp³-hybridized carbons (Fsp3) is 0.571. The third-order valence-corrected chi connectivity index (χ3v) is 2.84. The van der Waals surface area contributed by atoms with E-state index in [9.17, 15) is 19.7 Å². The molecule has 128 valence electrons. The van der Waals surface area contributed by atoms with Gasteiger partial charge in [-0.2, -0.15) is 0 Å². The Bertz CT molecular complexity index is 567. The lowest BCUT2D eigenvalue weighted by Gasteiger charge is -2.08. The molecule has 0 bridgehead atoms. The number of amides is 1. The predicted octanol–water partition coefficient (Wildman–Crippen LogP) is 1.02. The first-order chi connectivity index (χ1) is 10.8. The number of nitrogens with zero attached hydrogens (tertiary/aromatic N) is 2. The average Bonchev–Trinajstić information content (AvgIpc) is 2.86. The Labute approximate surface area is 133 Å². The van der Waals surface area contributed by atoms with Gasteiger partial charge in [0, 0.05) is 26.3 Å². The molecule has 1 N–H and O–H groups in total. The molecule has 9 heteroatoms. The summed E-state index contributed by atoms with van der Waals surface area (Å²) in [5.41, 5.74) is -0.205. The number of esters is 1. The van der Waals surface area contributed by atoms with Crippen LogP contribution in [-0.2, 0) is 21.3 Å². The summed E-state index contributed by atoms with van der Waals surface area (Å²) < 4.78 is 11.4. The van der Waals surface area contributed by atoms with Crippen molar-refractivity contribution in [2.24, 2.45) is 7.05 Å². The molecule has 0 spiro atoms. The van der Waals surface area contributed by atoms with Crippen molar-refractivity contribution in [3.05, 3.63) is 28.1 Å². The topological polar surface area (TPSA) is 113 Å². The first-order valence-electron chi connectivity index (χ1n) is 7.17. The van der Waals surface area contributed by atoms with Gasteiger partial charge in [-0.05, 0) is 20.3 Å². The number of ether oxygens (including phenoxy) is 2. The Morgan fingerprint density at radius 3 is 2.70 bits per heavy atom. The molecule has 0 saturated carbocycles. The molecular weight excluding hydrogens is 306 g/mol. The quantitative estimate of drug-likeness (QED) is 0.313. The van der Waals surface area contributed by atoms with Crippen LogP contribution in [0.1, 0.15) is 30.8 Å². The molecule has 1 rings (SSSR count). The van der Waals surface area contributed by atoms with Crippen LogP contribution in [0.15, 0.2) is 12.3 Å². The van der Waals surface area contributed by atoms with Gasteiger partial charge in [-0.3, -0.25) is 14.9 Å². The summed E-state index contributed by atoms with van der Waals surface area (Å²) in [7, 11) is 1.48. The molecule has 0 aromatic carbocycles. The van der Waals surface area contributed by atoms with Gasteiger partial charge in [0.1, 0.15) is 5.69 Å². The number of hydrogen-bond acceptors (Lipinski definition) is 6. The third kappa shape index (κ3) is 6.47. The molecule has 0 radical (unpaired) electrons. The summed E-state index contributed by atoms with van der Waals surface area (Å²) in [6.45, 7) is 4.35. The van der Waals surface area contributed by atoms with E-state index in [4.69, 9.17) is 9.47 Å². The molecule has 0 unspecified atom stereocenters. The minimum absolute atomic E-state index is 0.00910. The summed E-state index contributed by atoms with van der Waals surface area (Å²) in [6, 6.07) is 1.10.